The van der Waals surface area contributed by atoms with Gasteiger partial charge in [0.2, 0.25) is 5.91 Å². The van der Waals surface area contributed by atoms with Crippen molar-refractivity contribution in [3.8, 4) is 6.07 Å². The first-order valence-corrected chi connectivity index (χ1v) is 8.70. The lowest BCUT2D eigenvalue weighted by Gasteiger charge is -2.26. The van der Waals surface area contributed by atoms with Gasteiger partial charge < -0.3 is 25.2 Å². The van der Waals surface area contributed by atoms with Gasteiger partial charge in [0.1, 0.15) is 18.7 Å². The van der Waals surface area contributed by atoms with Crippen molar-refractivity contribution in [3.05, 3.63) is 35.9 Å². The normalized spacial score (nSPS) is 14.5. The molecule has 2 amide bonds. The Morgan fingerprint density at radius 2 is 1.79 bits per heavy atom. The smallest absolute Gasteiger partial charge is 0.408 e. The van der Waals surface area contributed by atoms with Crippen molar-refractivity contribution in [2.45, 2.75) is 45.1 Å². The first-order valence-electron chi connectivity index (χ1n) is 8.70. The molecule has 0 unspecified atom stereocenters. The van der Waals surface area contributed by atoms with Crippen molar-refractivity contribution in [1.29, 1.82) is 5.26 Å². The minimum atomic E-state index is -1.36. The third-order valence-electron chi connectivity index (χ3n) is 3.99. The highest BCUT2D eigenvalue weighted by atomic mass is 16.5. The Kier molecular flexibility index (Phi) is 9.47. The number of benzene rings is 1. The fourth-order valence-electron chi connectivity index (χ4n) is 2.36. The number of esters is 1. The number of carbonyl (C=O) groups is 3. The summed E-state index contributed by atoms with van der Waals surface area (Å²) < 4.78 is 9.69. The van der Waals surface area contributed by atoms with Gasteiger partial charge in [-0.2, -0.15) is 5.26 Å². The number of amides is 2. The molecule has 0 aliphatic heterocycles. The van der Waals surface area contributed by atoms with Crippen molar-refractivity contribution in [2.75, 3.05) is 7.11 Å². The predicted molar refractivity (Wildman–Crippen MR) is 98.6 cm³/mol. The zero-order valence-corrected chi connectivity index (χ0v) is 16.0. The summed E-state index contributed by atoms with van der Waals surface area (Å²) in [6, 6.07) is 8.40. The average molecular weight is 391 g/mol. The third kappa shape index (κ3) is 7.25. The molecule has 0 aliphatic carbocycles. The molecule has 0 spiro atoms. The number of methoxy groups -OCH3 is 1. The van der Waals surface area contributed by atoms with Crippen molar-refractivity contribution < 1.29 is 29.0 Å². The molecular formula is C19H25N3O6. The molecule has 9 heteroatoms. The monoisotopic (exact) mass is 391 g/mol. The Hall–Kier alpha value is -3.12. The molecule has 0 fully saturated rings. The fourth-order valence-corrected chi connectivity index (χ4v) is 2.36. The second-order valence-corrected chi connectivity index (χ2v) is 6.27. The van der Waals surface area contributed by atoms with E-state index in [1.165, 1.54) is 6.92 Å². The lowest BCUT2D eigenvalue weighted by molar-refractivity contribution is -0.147. The SMILES string of the molecule is COC(=O)[C@H](NC(=O)[C@@H](NC(=O)OCc1ccccc1)[C@@H](C)O)[C@H](C)CC#N. The molecule has 0 aliphatic rings. The van der Waals surface area contributed by atoms with Crippen LogP contribution in [0.5, 0.6) is 0 Å². The van der Waals surface area contributed by atoms with Gasteiger partial charge in [0.25, 0.3) is 0 Å². The summed E-state index contributed by atoms with van der Waals surface area (Å²) in [5.41, 5.74) is 0.756. The van der Waals surface area contributed by atoms with Crippen molar-refractivity contribution >= 4 is 18.0 Å². The van der Waals surface area contributed by atoms with E-state index in [0.717, 1.165) is 12.7 Å². The summed E-state index contributed by atoms with van der Waals surface area (Å²) in [4.78, 5) is 36.4. The number of carbonyl (C=O) groups excluding carboxylic acids is 3. The minimum absolute atomic E-state index is 0.00589. The second kappa shape index (κ2) is 11.6. The Balaban J connectivity index is 2.74. The molecule has 9 nitrogen and oxygen atoms in total. The van der Waals surface area contributed by atoms with Gasteiger partial charge in [0, 0.05) is 12.3 Å². The number of hydrogen-bond acceptors (Lipinski definition) is 7. The van der Waals surface area contributed by atoms with E-state index in [-0.39, 0.29) is 13.0 Å². The molecule has 1 aromatic carbocycles. The van der Waals surface area contributed by atoms with Crippen LogP contribution in [0.3, 0.4) is 0 Å². The molecule has 152 valence electrons. The van der Waals surface area contributed by atoms with Crippen LogP contribution in [0.15, 0.2) is 30.3 Å². The summed E-state index contributed by atoms with van der Waals surface area (Å²) in [6.07, 6.45) is -2.15. The zero-order valence-electron chi connectivity index (χ0n) is 16.0. The van der Waals surface area contributed by atoms with Crippen LogP contribution in [0, 0.1) is 17.2 Å². The molecule has 0 radical (unpaired) electrons. The quantitative estimate of drug-likeness (QED) is 0.531. The number of nitriles is 1. The summed E-state index contributed by atoms with van der Waals surface area (Å²) in [7, 11) is 1.16. The number of alkyl carbamates (subject to hydrolysis) is 1. The third-order valence-corrected chi connectivity index (χ3v) is 3.99. The molecule has 28 heavy (non-hydrogen) atoms. The van der Waals surface area contributed by atoms with Crippen LogP contribution in [0.4, 0.5) is 4.79 Å². The molecule has 0 saturated carbocycles. The first kappa shape index (κ1) is 22.9. The van der Waals surface area contributed by atoms with Crippen LogP contribution in [0.2, 0.25) is 0 Å². The van der Waals surface area contributed by atoms with Gasteiger partial charge in [-0.05, 0) is 12.5 Å². The average Bonchev–Trinajstić information content (AvgIpc) is 2.68. The highest BCUT2D eigenvalue weighted by Gasteiger charge is 2.33. The number of aliphatic hydroxyl groups is 1. The predicted octanol–water partition coefficient (Wildman–Crippen LogP) is 0.870. The van der Waals surface area contributed by atoms with E-state index in [2.05, 4.69) is 15.4 Å². The van der Waals surface area contributed by atoms with Crippen LogP contribution in [-0.4, -0.2) is 48.4 Å². The Bertz CT molecular complexity index is 701. The van der Waals surface area contributed by atoms with E-state index >= 15 is 0 Å². The van der Waals surface area contributed by atoms with Crippen molar-refractivity contribution in [2.24, 2.45) is 5.92 Å². The number of aliphatic hydroxyl groups excluding tert-OH is 1. The number of ether oxygens (including phenoxy) is 2. The number of nitrogens with one attached hydrogen (secondary N) is 2. The van der Waals surface area contributed by atoms with E-state index in [0.29, 0.717) is 0 Å². The van der Waals surface area contributed by atoms with Crippen LogP contribution in [0.25, 0.3) is 0 Å². The molecule has 0 saturated heterocycles. The zero-order chi connectivity index (χ0) is 21.1. The van der Waals surface area contributed by atoms with Crippen LogP contribution in [-0.2, 0) is 25.7 Å². The van der Waals surface area contributed by atoms with Gasteiger partial charge in [-0.1, -0.05) is 37.3 Å². The highest BCUT2D eigenvalue weighted by Crippen LogP contribution is 2.10. The summed E-state index contributed by atoms with van der Waals surface area (Å²) in [5.74, 6) is -2.06. The molecule has 3 N–H and O–H groups in total. The summed E-state index contributed by atoms with van der Waals surface area (Å²) >= 11 is 0. The van der Waals surface area contributed by atoms with E-state index < -0.39 is 42.1 Å². The standard InChI is InChI=1S/C19H25N3O6/c1-12(9-10-20)15(18(25)27-3)21-17(24)16(13(2)23)22-19(26)28-11-14-7-5-4-6-8-14/h4-8,12-13,15-16,23H,9,11H2,1-3H3,(H,21,24)(H,22,26)/t12-,13-,15-,16+/m1/s1. The maximum Gasteiger partial charge on any atom is 0.408 e. The van der Waals surface area contributed by atoms with Gasteiger partial charge in [-0.3, -0.25) is 4.79 Å². The molecular weight excluding hydrogens is 366 g/mol. The van der Waals surface area contributed by atoms with Crippen LogP contribution in [0.1, 0.15) is 25.8 Å². The number of hydrogen-bond donors (Lipinski definition) is 3. The molecule has 0 aromatic heterocycles. The van der Waals surface area contributed by atoms with Crippen LogP contribution >= 0.6 is 0 Å². The van der Waals surface area contributed by atoms with Crippen LogP contribution < -0.4 is 10.6 Å². The summed E-state index contributed by atoms with van der Waals surface area (Å²) in [5, 5.41) is 23.4. The van der Waals surface area contributed by atoms with E-state index in [1.807, 2.05) is 12.1 Å². The highest BCUT2D eigenvalue weighted by molar-refractivity contribution is 5.90. The Morgan fingerprint density at radius 3 is 2.32 bits per heavy atom. The lowest BCUT2D eigenvalue weighted by atomic mass is 9.98. The van der Waals surface area contributed by atoms with Crippen molar-refractivity contribution in [3.63, 3.8) is 0 Å². The topological polar surface area (TPSA) is 138 Å². The molecule has 1 aromatic rings. The Morgan fingerprint density at radius 1 is 1.14 bits per heavy atom. The molecule has 0 heterocycles. The molecule has 0 bridgehead atoms. The maximum atomic E-state index is 12.5. The van der Waals surface area contributed by atoms with Gasteiger partial charge in [-0.15, -0.1) is 0 Å². The minimum Gasteiger partial charge on any atom is -0.467 e. The lowest BCUT2D eigenvalue weighted by Crippen LogP contribution is -2.57. The second-order valence-electron chi connectivity index (χ2n) is 6.27. The Labute approximate surface area is 163 Å². The van der Waals surface area contributed by atoms with E-state index in [9.17, 15) is 19.5 Å². The van der Waals surface area contributed by atoms with Gasteiger partial charge in [0.05, 0.1) is 19.3 Å². The summed E-state index contributed by atoms with van der Waals surface area (Å²) in [6.45, 7) is 2.91. The number of nitrogens with zero attached hydrogens (tertiary/aromatic N) is 1. The first-order chi connectivity index (χ1) is 13.3. The largest absolute Gasteiger partial charge is 0.467 e. The van der Waals surface area contributed by atoms with Gasteiger partial charge in [0.15, 0.2) is 0 Å². The molecule has 4 atom stereocenters. The molecule has 1 rings (SSSR count). The van der Waals surface area contributed by atoms with Gasteiger partial charge >= 0.3 is 12.1 Å². The van der Waals surface area contributed by atoms with E-state index in [4.69, 9.17) is 10.00 Å². The van der Waals surface area contributed by atoms with Crippen molar-refractivity contribution in [1.82, 2.24) is 10.6 Å². The van der Waals surface area contributed by atoms with Gasteiger partial charge in [-0.25, -0.2) is 9.59 Å². The number of rotatable bonds is 9. The maximum absolute atomic E-state index is 12.5. The fraction of sp³-hybridized carbons (Fsp3) is 0.474. The van der Waals surface area contributed by atoms with E-state index in [1.54, 1.807) is 31.2 Å².